The van der Waals surface area contributed by atoms with Crippen LogP contribution in [0.3, 0.4) is 0 Å². The molecule has 0 radical (unpaired) electrons. The third-order valence-electron chi connectivity index (χ3n) is 3.06. The first kappa shape index (κ1) is 12.5. The van der Waals surface area contributed by atoms with E-state index in [1.165, 1.54) is 6.33 Å². The van der Waals surface area contributed by atoms with Crippen molar-refractivity contribution in [1.82, 2.24) is 9.97 Å². The lowest BCUT2D eigenvalue weighted by Crippen LogP contribution is -2.00. The molecule has 1 aliphatic rings. The van der Waals surface area contributed by atoms with E-state index in [2.05, 4.69) is 9.97 Å². The summed E-state index contributed by atoms with van der Waals surface area (Å²) >= 11 is 0. The van der Waals surface area contributed by atoms with E-state index in [1.807, 2.05) is 18.2 Å². The van der Waals surface area contributed by atoms with Crippen LogP contribution in [0.2, 0.25) is 0 Å². The molecule has 3 rings (SSSR count). The molecule has 0 unspecified atom stereocenters. The second-order valence-electron chi connectivity index (χ2n) is 4.35. The number of anilines is 1. The number of hydrogen-bond acceptors (Lipinski definition) is 6. The Morgan fingerprint density at radius 3 is 2.75 bits per heavy atom. The van der Waals surface area contributed by atoms with E-state index in [9.17, 15) is 0 Å². The number of ether oxygens (including phenoxy) is 3. The van der Waals surface area contributed by atoms with Gasteiger partial charge in [0.15, 0.2) is 23.1 Å². The van der Waals surface area contributed by atoms with Gasteiger partial charge in [0.25, 0.3) is 0 Å². The van der Waals surface area contributed by atoms with Crippen molar-refractivity contribution in [2.75, 3.05) is 26.1 Å². The molecule has 0 saturated heterocycles. The zero-order chi connectivity index (χ0) is 13.9. The molecular weight excluding hydrogens is 258 g/mol. The van der Waals surface area contributed by atoms with Crippen LogP contribution < -0.4 is 19.9 Å². The molecule has 0 saturated carbocycles. The number of methoxy groups -OCH3 is 1. The summed E-state index contributed by atoms with van der Waals surface area (Å²) in [5, 5.41) is 0. The van der Waals surface area contributed by atoms with Crippen LogP contribution in [0.25, 0.3) is 11.3 Å². The molecular formula is C14H15N3O3. The standard InChI is InChI=1S/C14H15N3O3/c1-18-13-12(16-8-17-14(13)15)9-3-4-10-11(7-9)20-6-2-5-19-10/h3-4,7-8H,2,5-6H2,1H3,(H2,15,16,17). The summed E-state index contributed by atoms with van der Waals surface area (Å²) in [6.07, 6.45) is 2.28. The molecule has 0 bridgehead atoms. The normalized spacial score (nSPS) is 13.7. The first-order valence-electron chi connectivity index (χ1n) is 6.34. The highest BCUT2D eigenvalue weighted by molar-refractivity contribution is 5.73. The van der Waals surface area contributed by atoms with Crippen LogP contribution in [-0.4, -0.2) is 30.3 Å². The highest BCUT2D eigenvalue weighted by Crippen LogP contribution is 2.37. The van der Waals surface area contributed by atoms with E-state index in [0.29, 0.717) is 36.2 Å². The van der Waals surface area contributed by atoms with Gasteiger partial charge in [-0.25, -0.2) is 9.97 Å². The molecule has 0 fully saturated rings. The monoisotopic (exact) mass is 273 g/mol. The summed E-state index contributed by atoms with van der Waals surface area (Å²) < 4.78 is 16.6. The van der Waals surface area contributed by atoms with Crippen LogP contribution in [-0.2, 0) is 0 Å². The Labute approximate surface area is 116 Å². The summed E-state index contributed by atoms with van der Waals surface area (Å²) in [6.45, 7) is 1.30. The minimum Gasteiger partial charge on any atom is -0.491 e. The average Bonchev–Trinajstić information content (AvgIpc) is 2.71. The fourth-order valence-electron chi connectivity index (χ4n) is 2.10. The Kier molecular flexibility index (Phi) is 3.28. The topological polar surface area (TPSA) is 79.5 Å². The molecule has 2 heterocycles. The summed E-state index contributed by atoms with van der Waals surface area (Å²) in [5.41, 5.74) is 7.28. The van der Waals surface area contributed by atoms with Crippen molar-refractivity contribution in [1.29, 1.82) is 0 Å². The molecule has 1 aliphatic heterocycles. The van der Waals surface area contributed by atoms with E-state index >= 15 is 0 Å². The van der Waals surface area contributed by atoms with Gasteiger partial charge in [0, 0.05) is 12.0 Å². The number of aromatic nitrogens is 2. The number of fused-ring (bicyclic) bond motifs is 1. The number of nitrogen functional groups attached to an aromatic ring is 1. The van der Waals surface area contributed by atoms with Gasteiger partial charge in [-0.1, -0.05) is 0 Å². The first-order valence-corrected chi connectivity index (χ1v) is 6.34. The Balaban J connectivity index is 2.07. The second kappa shape index (κ2) is 5.24. The quantitative estimate of drug-likeness (QED) is 0.900. The van der Waals surface area contributed by atoms with Crippen molar-refractivity contribution >= 4 is 5.82 Å². The van der Waals surface area contributed by atoms with E-state index in [-0.39, 0.29) is 0 Å². The zero-order valence-corrected chi connectivity index (χ0v) is 11.1. The van der Waals surface area contributed by atoms with Crippen molar-refractivity contribution in [3.05, 3.63) is 24.5 Å². The lowest BCUT2D eigenvalue weighted by molar-refractivity contribution is 0.297. The Morgan fingerprint density at radius 2 is 1.95 bits per heavy atom. The van der Waals surface area contributed by atoms with Gasteiger partial charge in [0.2, 0.25) is 0 Å². The van der Waals surface area contributed by atoms with Crippen LogP contribution >= 0.6 is 0 Å². The van der Waals surface area contributed by atoms with Gasteiger partial charge < -0.3 is 19.9 Å². The maximum absolute atomic E-state index is 5.80. The second-order valence-corrected chi connectivity index (χ2v) is 4.35. The minimum absolute atomic E-state index is 0.310. The van der Waals surface area contributed by atoms with Gasteiger partial charge in [-0.15, -0.1) is 0 Å². The van der Waals surface area contributed by atoms with Crippen molar-refractivity contribution in [3.8, 4) is 28.5 Å². The van der Waals surface area contributed by atoms with Gasteiger partial charge in [0.1, 0.15) is 12.0 Å². The lowest BCUT2D eigenvalue weighted by Gasteiger charge is -2.12. The molecule has 0 spiro atoms. The fourth-order valence-corrected chi connectivity index (χ4v) is 2.10. The molecule has 0 aliphatic carbocycles. The van der Waals surface area contributed by atoms with E-state index in [4.69, 9.17) is 19.9 Å². The van der Waals surface area contributed by atoms with Crippen LogP contribution in [0, 0.1) is 0 Å². The van der Waals surface area contributed by atoms with E-state index in [1.54, 1.807) is 7.11 Å². The highest BCUT2D eigenvalue weighted by Gasteiger charge is 2.16. The maximum atomic E-state index is 5.80. The average molecular weight is 273 g/mol. The Morgan fingerprint density at radius 1 is 1.15 bits per heavy atom. The Bertz CT molecular complexity index is 631. The highest BCUT2D eigenvalue weighted by atomic mass is 16.5. The molecule has 104 valence electrons. The van der Waals surface area contributed by atoms with Crippen LogP contribution in [0.5, 0.6) is 17.2 Å². The van der Waals surface area contributed by atoms with Crippen LogP contribution in [0.1, 0.15) is 6.42 Å². The minimum atomic E-state index is 0.310. The number of benzene rings is 1. The molecule has 20 heavy (non-hydrogen) atoms. The number of rotatable bonds is 2. The number of nitrogens with two attached hydrogens (primary N) is 1. The molecule has 1 aromatic carbocycles. The van der Waals surface area contributed by atoms with Gasteiger partial charge in [-0.05, 0) is 18.2 Å². The molecule has 0 amide bonds. The largest absolute Gasteiger partial charge is 0.491 e. The maximum Gasteiger partial charge on any atom is 0.187 e. The van der Waals surface area contributed by atoms with E-state index in [0.717, 1.165) is 17.7 Å². The molecule has 2 N–H and O–H groups in total. The Hall–Kier alpha value is -2.50. The van der Waals surface area contributed by atoms with E-state index < -0.39 is 0 Å². The third-order valence-corrected chi connectivity index (χ3v) is 3.06. The number of hydrogen-bond donors (Lipinski definition) is 1. The van der Waals surface area contributed by atoms with Crippen molar-refractivity contribution < 1.29 is 14.2 Å². The third kappa shape index (κ3) is 2.20. The zero-order valence-electron chi connectivity index (χ0n) is 11.1. The smallest absolute Gasteiger partial charge is 0.187 e. The summed E-state index contributed by atoms with van der Waals surface area (Å²) in [7, 11) is 1.54. The van der Waals surface area contributed by atoms with Crippen molar-refractivity contribution in [2.45, 2.75) is 6.42 Å². The molecule has 2 aromatic rings. The number of nitrogens with zero attached hydrogens (tertiary/aromatic N) is 2. The van der Waals surface area contributed by atoms with Gasteiger partial charge in [-0.2, -0.15) is 0 Å². The molecule has 0 atom stereocenters. The van der Waals surface area contributed by atoms with Gasteiger partial charge in [0.05, 0.1) is 20.3 Å². The predicted octanol–water partition coefficient (Wildman–Crippen LogP) is 1.90. The summed E-state index contributed by atoms with van der Waals surface area (Å²) in [4.78, 5) is 8.16. The van der Waals surface area contributed by atoms with Gasteiger partial charge in [-0.3, -0.25) is 0 Å². The lowest BCUT2D eigenvalue weighted by atomic mass is 10.1. The fraction of sp³-hybridized carbons (Fsp3) is 0.286. The first-order chi connectivity index (χ1) is 9.79. The SMILES string of the molecule is COc1c(N)ncnc1-c1ccc2c(c1)OCCCO2. The summed E-state index contributed by atoms with van der Waals surface area (Å²) in [5.74, 6) is 2.22. The predicted molar refractivity (Wildman–Crippen MR) is 74.0 cm³/mol. The molecule has 6 nitrogen and oxygen atoms in total. The van der Waals surface area contributed by atoms with Crippen LogP contribution in [0.4, 0.5) is 5.82 Å². The van der Waals surface area contributed by atoms with Crippen molar-refractivity contribution in [3.63, 3.8) is 0 Å². The molecule has 6 heteroatoms. The van der Waals surface area contributed by atoms with Gasteiger partial charge >= 0.3 is 0 Å². The summed E-state index contributed by atoms with van der Waals surface area (Å²) in [6, 6.07) is 5.65. The molecule has 1 aromatic heterocycles. The van der Waals surface area contributed by atoms with Crippen molar-refractivity contribution in [2.24, 2.45) is 0 Å². The van der Waals surface area contributed by atoms with Crippen LogP contribution in [0.15, 0.2) is 24.5 Å².